The maximum absolute atomic E-state index is 13.7. The van der Waals surface area contributed by atoms with E-state index in [2.05, 4.69) is 30.2 Å². The van der Waals surface area contributed by atoms with Crippen LogP contribution >= 0.6 is 12.6 Å². The molecule has 2 atom stereocenters. The second-order valence-electron chi connectivity index (χ2n) is 9.17. The van der Waals surface area contributed by atoms with Gasteiger partial charge in [0.15, 0.2) is 0 Å². The van der Waals surface area contributed by atoms with Crippen molar-refractivity contribution >= 4 is 30.5 Å². The van der Waals surface area contributed by atoms with Gasteiger partial charge in [-0.25, -0.2) is 4.79 Å². The van der Waals surface area contributed by atoms with Gasteiger partial charge >= 0.3 is 6.09 Å². The van der Waals surface area contributed by atoms with Gasteiger partial charge in [-0.2, -0.15) is 12.6 Å². The Morgan fingerprint density at radius 2 is 1.84 bits per heavy atom. The summed E-state index contributed by atoms with van der Waals surface area (Å²) in [4.78, 5) is 41.0. The summed E-state index contributed by atoms with van der Waals surface area (Å²) in [5, 5.41) is 5.63. The molecule has 178 valence electrons. The normalized spacial score (nSPS) is 15.8. The minimum absolute atomic E-state index is 0.0625. The van der Waals surface area contributed by atoms with E-state index in [0.29, 0.717) is 6.54 Å². The van der Waals surface area contributed by atoms with Crippen LogP contribution in [-0.2, 0) is 14.3 Å². The summed E-state index contributed by atoms with van der Waals surface area (Å²) in [6, 6.07) is 7.59. The summed E-state index contributed by atoms with van der Waals surface area (Å²) in [5.74, 6) is -0.435. The van der Waals surface area contributed by atoms with Crippen LogP contribution in [0.25, 0.3) is 0 Å². The van der Waals surface area contributed by atoms with E-state index in [4.69, 9.17) is 4.74 Å². The molecule has 1 saturated carbocycles. The second-order valence-corrected chi connectivity index (χ2v) is 9.53. The molecule has 0 saturated heterocycles. The molecule has 0 spiro atoms. The quantitative estimate of drug-likeness (QED) is 0.363. The van der Waals surface area contributed by atoms with E-state index in [1.165, 1.54) is 0 Å². The number of amides is 3. The number of ether oxygens (including phenoxy) is 1. The van der Waals surface area contributed by atoms with Crippen molar-refractivity contribution in [3.8, 4) is 0 Å². The number of hydrogen-bond acceptors (Lipinski definition) is 5. The average molecular weight is 464 g/mol. The average Bonchev–Trinajstić information content (AvgIpc) is 2.69. The molecule has 0 bridgehead atoms. The lowest BCUT2D eigenvalue weighted by molar-refractivity contribution is -0.147. The first kappa shape index (κ1) is 26.0. The first-order valence-corrected chi connectivity index (χ1v) is 12.1. The number of unbranched alkanes of at least 4 members (excludes halogenated alkanes) is 1. The molecule has 2 unspecified atom stereocenters. The Kier molecular flexibility index (Phi) is 9.87. The highest BCUT2D eigenvalue weighted by molar-refractivity contribution is 7.80. The maximum Gasteiger partial charge on any atom is 0.408 e. The van der Waals surface area contributed by atoms with Crippen LogP contribution in [0.15, 0.2) is 30.3 Å². The largest absolute Gasteiger partial charge is 0.444 e. The first-order chi connectivity index (χ1) is 15.2. The zero-order valence-corrected chi connectivity index (χ0v) is 20.5. The van der Waals surface area contributed by atoms with E-state index in [-0.39, 0.29) is 23.6 Å². The van der Waals surface area contributed by atoms with Gasteiger partial charge in [-0.1, -0.05) is 43.7 Å². The lowest BCUT2D eigenvalue weighted by Crippen LogP contribution is -2.58. The number of hydrogen-bond donors (Lipinski definition) is 3. The van der Waals surface area contributed by atoms with Crippen LogP contribution in [0.5, 0.6) is 0 Å². The molecular formula is C24H37N3O4S. The van der Waals surface area contributed by atoms with Crippen LogP contribution in [0.2, 0.25) is 0 Å². The lowest BCUT2D eigenvalue weighted by Gasteiger charge is -2.43. The molecule has 0 aliphatic heterocycles. The number of alkyl carbamates (subject to hydrolysis) is 1. The lowest BCUT2D eigenvalue weighted by atomic mass is 9.88. The summed E-state index contributed by atoms with van der Waals surface area (Å²) in [6.45, 7) is 7.90. The van der Waals surface area contributed by atoms with Crippen molar-refractivity contribution in [2.75, 3.05) is 12.3 Å². The summed E-state index contributed by atoms with van der Waals surface area (Å²) in [7, 11) is 0. The molecule has 7 nitrogen and oxygen atoms in total. The Labute approximate surface area is 197 Å². The fourth-order valence-electron chi connectivity index (χ4n) is 3.56. The Morgan fingerprint density at radius 1 is 1.19 bits per heavy atom. The molecule has 1 aromatic carbocycles. The molecule has 2 rings (SSSR count). The van der Waals surface area contributed by atoms with Crippen LogP contribution in [0, 0.1) is 0 Å². The number of nitrogens with zero attached hydrogens (tertiary/aromatic N) is 1. The Balaban J connectivity index is 2.32. The van der Waals surface area contributed by atoms with Gasteiger partial charge in [0.2, 0.25) is 11.8 Å². The highest BCUT2D eigenvalue weighted by atomic mass is 32.1. The summed E-state index contributed by atoms with van der Waals surface area (Å²) in [6.07, 6.45) is 3.79. The smallest absolute Gasteiger partial charge is 0.408 e. The van der Waals surface area contributed by atoms with Crippen molar-refractivity contribution in [2.45, 2.75) is 83.5 Å². The van der Waals surface area contributed by atoms with Crippen LogP contribution < -0.4 is 10.6 Å². The van der Waals surface area contributed by atoms with Crippen molar-refractivity contribution in [3.05, 3.63) is 35.9 Å². The Morgan fingerprint density at radius 3 is 2.34 bits per heavy atom. The fraction of sp³-hybridized carbons (Fsp3) is 0.625. The maximum atomic E-state index is 13.7. The van der Waals surface area contributed by atoms with Gasteiger partial charge in [-0.3, -0.25) is 9.59 Å². The van der Waals surface area contributed by atoms with Crippen LogP contribution in [-0.4, -0.2) is 52.8 Å². The zero-order chi connectivity index (χ0) is 23.7. The fourth-order valence-corrected chi connectivity index (χ4v) is 3.80. The second kappa shape index (κ2) is 12.1. The molecule has 0 heterocycles. The van der Waals surface area contributed by atoms with E-state index in [9.17, 15) is 14.4 Å². The monoisotopic (exact) mass is 463 g/mol. The van der Waals surface area contributed by atoms with Gasteiger partial charge < -0.3 is 20.3 Å². The molecule has 1 aromatic rings. The zero-order valence-electron chi connectivity index (χ0n) is 19.6. The van der Waals surface area contributed by atoms with E-state index in [1.54, 1.807) is 25.7 Å². The van der Waals surface area contributed by atoms with E-state index < -0.39 is 23.8 Å². The molecule has 0 aromatic heterocycles. The van der Waals surface area contributed by atoms with Crippen LogP contribution in [0.1, 0.15) is 71.4 Å². The molecule has 8 heteroatoms. The third-order valence-electron chi connectivity index (χ3n) is 5.37. The molecule has 0 radical (unpaired) electrons. The van der Waals surface area contributed by atoms with Gasteiger partial charge in [-0.05, 0) is 52.0 Å². The third kappa shape index (κ3) is 7.43. The summed E-state index contributed by atoms with van der Waals surface area (Å²) in [5.41, 5.74) is 0.0603. The minimum Gasteiger partial charge on any atom is -0.444 e. The third-order valence-corrected chi connectivity index (χ3v) is 5.73. The molecular weight excluding hydrogens is 426 g/mol. The number of benzene rings is 1. The number of carbonyl (C=O) groups excluding carboxylic acids is 3. The molecule has 2 N–H and O–H groups in total. The Bertz CT molecular complexity index is 762. The molecule has 1 aliphatic carbocycles. The predicted molar refractivity (Wildman–Crippen MR) is 129 cm³/mol. The van der Waals surface area contributed by atoms with Crippen molar-refractivity contribution < 1.29 is 19.1 Å². The topological polar surface area (TPSA) is 87.7 Å². The van der Waals surface area contributed by atoms with Crippen molar-refractivity contribution in [1.82, 2.24) is 15.5 Å². The molecule has 3 amide bonds. The highest BCUT2D eigenvalue weighted by Gasteiger charge is 2.41. The number of rotatable bonds is 10. The minimum atomic E-state index is -0.900. The molecule has 1 aliphatic rings. The van der Waals surface area contributed by atoms with Gasteiger partial charge in [0, 0.05) is 18.3 Å². The van der Waals surface area contributed by atoms with E-state index in [1.807, 2.05) is 30.3 Å². The van der Waals surface area contributed by atoms with Crippen molar-refractivity contribution in [2.24, 2.45) is 0 Å². The van der Waals surface area contributed by atoms with Crippen molar-refractivity contribution in [1.29, 1.82) is 0 Å². The number of nitrogens with one attached hydrogen (secondary N) is 2. The highest BCUT2D eigenvalue weighted by Crippen LogP contribution is 2.33. The van der Waals surface area contributed by atoms with Crippen molar-refractivity contribution in [3.63, 3.8) is 0 Å². The predicted octanol–water partition coefficient (Wildman–Crippen LogP) is 3.85. The number of thiol groups is 1. The standard InChI is InChI=1S/C24H37N3O4S/c1-5-6-15-25-21(28)20(17-11-8-7-9-12-17)27(18-13-10-14-18)22(29)19(16-32)26-23(30)31-24(2,3)4/h7-9,11-12,18-20,32H,5-6,10,13-16H2,1-4H3,(H,25,28)(H,26,30). The van der Waals surface area contributed by atoms with E-state index in [0.717, 1.165) is 37.7 Å². The Hall–Kier alpha value is -2.22. The SMILES string of the molecule is CCCCNC(=O)C(c1ccccc1)N(C(=O)C(CS)NC(=O)OC(C)(C)C)C1CCC1. The summed E-state index contributed by atoms with van der Waals surface area (Å²) >= 11 is 4.31. The van der Waals surface area contributed by atoms with E-state index >= 15 is 0 Å². The van der Waals surface area contributed by atoms with Crippen LogP contribution in [0.3, 0.4) is 0 Å². The molecule has 32 heavy (non-hydrogen) atoms. The van der Waals surface area contributed by atoms with Gasteiger partial charge in [-0.15, -0.1) is 0 Å². The first-order valence-electron chi connectivity index (χ1n) is 11.4. The van der Waals surface area contributed by atoms with Gasteiger partial charge in [0.05, 0.1) is 0 Å². The molecule has 1 fully saturated rings. The van der Waals surface area contributed by atoms with Gasteiger partial charge in [0.1, 0.15) is 17.7 Å². The summed E-state index contributed by atoms with van der Waals surface area (Å²) < 4.78 is 5.32. The van der Waals surface area contributed by atoms with Crippen LogP contribution in [0.4, 0.5) is 4.79 Å². The van der Waals surface area contributed by atoms with Gasteiger partial charge in [0.25, 0.3) is 0 Å². The number of carbonyl (C=O) groups is 3.